The van der Waals surface area contributed by atoms with Crippen LogP contribution in [0.4, 0.5) is 13.2 Å². The molecule has 2 aromatic rings. The number of carbonyl (C=O) groups is 1. The lowest BCUT2D eigenvalue weighted by molar-refractivity contribution is -0.141. The third-order valence-electron chi connectivity index (χ3n) is 2.31. The van der Waals surface area contributed by atoms with Gasteiger partial charge in [-0.1, -0.05) is 12.1 Å². The molecule has 0 amide bonds. The summed E-state index contributed by atoms with van der Waals surface area (Å²) >= 11 is 0. The first-order valence-corrected chi connectivity index (χ1v) is 5.12. The molecule has 19 heavy (non-hydrogen) atoms. The molecule has 1 aromatic carbocycles. The van der Waals surface area contributed by atoms with Crippen molar-refractivity contribution in [2.75, 3.05) is 0 Å². The van der Waals surface area contributed by atoms with Crippen molar-refractivity contribution in [1.29, 1.82) is 0 Å². The van der Waals surface area contributed by atoms with Gasteiger partial charge in [0.2, 0.25) is 0 Å². The van der Waals surface area contributed by atoms with E-state index in [0.29, 0.717) is 0 Å². The molecular formula is C12H7F3N2O2. The van der Waals surface area contributed by atoms with Crippen LogP contribution >= 0.6 is 0 Å². The molecule has 0 unspecified atom stereocenters. The predicted molar refractivity (Wildman–Crippen MR) is 59.4 cm³/mol. The maximum Gasteiger partial charge on any atom is 0.433 e. The van der Waals surface area contributed by atoms with Gasteiger partial charge in [0, 0.05) is 11.8 Å². The first-order valence-electron chi connectivity index (χ1n) is 5.12. The average Bonchev–Trinajstić information content (AvgIpc) is 2.38. The second-order valence-electron chi connectivity index (χ2n) is 3.65. The van der Waals surface area contributed by atoms with Gasteiger partial charge in [-0.25, -0.2) is 14.8 Å². The van der Waals surface area contributed by atoms with Crippen molar-refractivity contribution in [3.8, 4) is 11.4 Å². The summed E-state index contributed by atoms with van der Waals surface area (Å²) < 4.78 is 37.5. The lowest BCUT2D eigenvalue weighted by Crippen LogP contribution is -2.09. The number of carboxylic acids is 1. The molecule has 1 N–H and O–H groups in total. The second kappa shape index (κ2) is 4.68. The summed E-state index contributed by atoms with van der Waals surface area (Å²) in [6, 6.07) is 6.17. The van der Waals surface area contributed by atoms with Gasteiger partial charge < -0.3 is 5.11 Å². The molecule has 4 nitrogen and oxygen atoms in total. The zero-order valence-electron chi connectivity index (χ0n) is 9.35. The molecule has 2 rings (SSSR count). The maximum absolute atomic E-state index is 12.5. The molecule has 0 atom stereocenters. The SMILES string of the molecule is O=C(O)c1cccc(-c2nccc(C(F)(F)F)n2)c1. The van der Waals surface area contributed by atoms with E-state index in [4.69, 9.17) is 5.11 Å². The average molecular weight is 268 g/mol. The monoisotopic (exact) mass is 268 g/mol. The Morgan fingerprint density at radius 2 is 1.95 bits per heavy atom. The number of aromatic carboxylic acids is 1. The molecule has 0 aliphatic heterocycles. The van der Waals surface area contributed by atoms with E-state index in [-0.39, 0.29) is 17.0 Å². The molecule has 1 heterocycles. The summed E-state index contributed by atoms with van der Waals surface area (Å²) in [4.78, 5) is 17.9. The number of nitrogens with zero attached hydrogens (tertiary/aromatic N) is 2. The van der Waals surface area contributed by atoms with Crippen LogP contribution in [0.5, 0.6) is 0 Å². The van der Waals surface area contributed by atoms with Gasteiger partial charge in [0.15, 0.2) is 5.82 Å². The van der Waals surface area contributed by atoms with Crippen molar-refractivity contribution in [2.24, 2.45) is 0 Å². The van der Waals surface area contributed by atoms with Crippen molar-refractivity contribution in [3.63, 3.8) is 0 Å². The van der Waals surface area contributed by atoms with Crippen LogP contribution in [0, 0.1) is 0 Å². The third-order valence-corrected chi connectivity index (χ3v) is 2.31. The number of rotatable bonds is 2. The summed E-state index contributed by atoms with van der Waals surface area (Å²) in [6.45, 7) is 0. The highest BCUT2D eigenvalue weighted by Crippen LogP contribution is 2.28. The minimum Gasteiger partial charge on any atom is -0.478 e. The van der Waals surface area contributed by atoms with Crippen LogP contribution < -0.4 is 0 Å². The lowest BCUT2D eigenvalue weighted by Gasteiger charge is -2.07. The summed E-state index contributed by atoms with van der Waals surface area (Å²) in [5.41, 5.74) is -0.900. The normalized spacial score (nSPS) is 11.3. The highest BCUT2D eigenvalue weighted by atomic mass is 19.4. The Hall–Kier alpha value is -2.44. The molecule has 0 aliphatic rings. The van der Waals surface area contributed by atoms with Crippen LogP contribution in [0.15, 0.2) is 36.5 Å². The van der Waals surface area contributed by atoms with Crippen molar-refractivity contribution in [1.82, 2.24) is 9.97 Å². The number of carboxylic acid groups (broad SMARTS) is 1. The highest BCUT2D eigenvalue weighted by molar-refractivity contribution is 5.89. The van der Waals surface area contributed by atoms with Crippen molar-refractivity contribution in [2.45, 2.75) is 6.18 Å². The summed E-state index contributed by atoms with van der Waals surface area (Å²) in [5, 5.41) is 8.82. The van der Waals surface area contributed by atoms with E-state index < -0.39 is 17.8 Å². The highest BCUT2D eigenvalue weighted by Gasteiger charge is 2.32. The Kier molecular flexibility index (Phi) is 3.20. The largest absolute Gasteiger partial charge is 0.478 e. The van der Waals surface area contributed by atoms with Gasteiger partial charge in [-0.3, -0.25) is 0 Å². The second-order valence-corrected chi connectivity index (χ2v) is 3.65. The van der Waals surface area contributed by atoms with E-state index in [1.807, 2.05) is 0 Å². The first kappa shape index (κ1) is 13.0. The molecule has 0 saturated carbocycles. The van der Waals surface area contributed by atoms with Crippen LogP contribution in [-0.4, -0.2) is 21.0 Å². The Morgan fingerprint density at radius 3 is 2.58 bits per heavy atom. The predicted octanol–water partition coefficient (Wildman–Crippen LogP) is 2.86. The van der Waals surface area contributed by atoms with Crippen LogP contribution in [0.3, 0.4) is 0 Å². The fraction of sp³-hybridized carbons (Fsp3) is 0.0833. The number of hydrogen-bond acceptors (Lipinski definition) is 3. The molecule has 0 bridgehead atoms. The van der Waals surface area contributed by atoms with E-state index in [2.05, 4.69) is 9.97 Å². The minimum absolute atomic E-state index is 0.0430. The van der Waals surface area contributed by atoms with E-state index in [1.54, 1.807) is 0 Å². The smallest absolute Gasteiger partial charge is 0.433 e. The fourth-order valence-electron chi connectivity index (χ4n) is 1.45. The molecule has 0 fully saturated rings. The number of halogens is 3. The van der Waals surface area contributed by atoms with Crippen molar-refractivity contribution < 1.29 is 23.1 Å². The van der Waals surface area contributed by atoms with Gasteiger partial charge >= 0.3 is 12.1 Å². The molecule has 1 aromatic heterocycles. The standard InChI is InChI=1S/C12H7F3N2O2/c13-12(14,15)9-4-5-16-10(17-9)7-2-1-3-8(6-7)11(18)19/h1-6H,(H,18,19). The zero-order chi connectivity index (χ0) is 14.0. The quantitative estimate of drug-likeness (QED) is 0.909. The topological polar surface area (TPSA) is 63.1 Å². The van der Waals surface area contributed by atoms with Gasteiger partial charge in [-0.2, -0.15) is 13.2 Å². The van der Waals surface area contributed by atoms with E-state index >= 15 is 0 Å². The van der Waals surface area contributed by atoms with Crippen LogP contribution in [0.25, 0.3) is 11.4 Å². The number of alkyl halides is 3. The van der Waals surface area contributed by atoms with E-state index in [9.17, 15) is 18.0 Å². The van der Waals surface area contributed by atoms with Crippen LogP contribution in [0.2, 0.25) is 0 Å². The van der Waals surface area contributed by atoms with Gasteiger partial charge in [0.25, 0.3) is 0 Å². The minimum atomic E-state index is -4.57. The molecular weight excluding hydrogens is 261 g/mol. The first-order chi connectivity index (χ1) is 8.88. The zero-order valence-corrected chi connectivity index (χ0v) is 9.35. The van der Waals surface area contributed by atoms with Gasteiger partial charge in [0.05, 0.1) is 5.56 Å². The van der Waals surface area contributed by atoms with Gasteiger partial charge in [-0.05, 0) is 18.2 Å². The number of hydrogen-bond donors (Lipinski definition) is 1. The summed E-state index contributed by atoms with van der Waals surface area (Å²) in [5.74, 6) is -1.34. The molecule has 7 heteroatoms. The Bertz CT molecular complexity index is 626. The molecule has 0 saturated heterocycles. The van der Waals surface area contributed by atoms with Crippen LogP contribution in [0.1, 0.15) is 16.1 Å². The Morgan fingerprint density at radius 1 is 1.21 bits per heavy atom. The van der Waals surface area contributed by atoms with Gasteiger partial charge in [-0.15, -0.1) is 0 Å². The number of aromatic nitrogens is 2. The van der Waals surface area contributed by atoms with Crippen molar-refractivity contribution in [3.05, 3.63) is 47.8 Å². The molecule has 0 spiro atoms. The van der Waals surface area contributed by atoms with Gasteiger partial charge in [0.1, 0.15) is 5.69 Å². The Balaban J connectivity index is 2.48. The van der Waals surface area contributed by atoms with Crippen LogP contribution in [-0.2, 0) is 6.18 Å². The lowest BCUT2D eigenvalue weighted by atomic mass is 10.1. The number of benzene rings is 1. The maximum atomic E-state index is 12.5. The molecule has 0 radical (unpaired) electrons. The molecule has 0 aliphatic carbocycles. The summed E-state index contributed by atoms with van der Waals surface area (Å²) in [7, 11) is 0. The van der Waals surface area contributed by atoms with E-state index in [1.165, 1.54) is 24.3 Å². The Labute approximate surface area is 105 Å². The third kappa shape index (κ3) is 2.87. The molecule has 98 valence electrons. The van der Waals surface area contributed by atoms with E-state index in [0.717, 1.165) is 12.3 Å². The fourth-order valence-corrected chi connectivity index (χ4v) is 1.45. The van der Waals surface area contributed by atoms with Crippen molar-refractivity contribution >= 4 is 5.97 Å². The summed E-state index contributed by atoms with van der Waals surface area (Å²) in [6.07, 6.45) is -3.58.